The van der Waals surface area contributed by atoms with E-state index in [-0.39, 0.29) is 13.0 Å². The van der Waals surface area contributed by atoms with Crippen molar-refractivity contribution in [1.29, 1.82) is 0 Å². The highest BCUT2D eigenvalue weighted by Gasteiger charge is 2.18. The minimum absolute atomic E-state index is 0.00400. The molecule has 2 rings (SSSR count). The lowest BCUT2D eigenvalue weighted by molar-refractivity contribution is -0.776. The summed E-state index contributed by atoms with van der Waals surface area (Å²) in [6, 6.07) is 12.7. The van der Waals surface area contributed by atoms with E-state index >= 15 is 0 Å². The number of fused-ring (bicyclic) bond motifs is 1. The second kappa shape index (κ2) is 6.51. The first-order valence-electron chi connectivity index (χ1n) is 6.14. The topological polar surface area (TPSA) is 105 Å². The van der Waals surface area contributed by atoms with Crippen LogP contribution in [0.5, 0.6) is 0 Å². The van der Waals surface area contributed by atoms with Crippen LogP contribution in [0.3, 0.4) is 0 Å². The molecule has 0 fully saturated rings. The molecule has 0 bridgehead atoms. The van der Waals surface area contributed by atoms with E-state index in [0.717, 1.165) is 10.8 Å². The van der Waals surface area contributed by atoms with E-state index in [9.17, 15) is 20.2 Å². The van der Waals surface area contributed by atoms with Gasteiger partial charge in [-0.25, -0.2) is 0 Å². The number of nitrogens with zero attached hydrogens (tertiary/aromatic N) is 2. The van der Waals surface area contributed by atoms with Crippen LogP contribution in [-0.2, 0) is 9.68 Å². The van der Waals surface area contributed by atoms with E-state index in [2.05, 4.69) is 9.68 Å². The van der Waals surface area contributed by atoms with Gasteiger partial charge in [-0.3, -0.25) is 0 Å². The normalized spacial score (nSPS) is 11.8. The molecule has 0 saturated heterocycles. The third-order valence-corrected chi connectivity index (χ3v) is 2.96. The van der Waals surface area contributed by atoms with Crippen LogP contribution in [0, 0.1) is 20.2 Å². The molecule has 1 atom stereocenters. The van der Waals surface area contributed by atoms with Gasteiger partial charge in [0.25, 0.3) is 10.2 Å². The van der Waals surface area contributed by atoms with Crippen LogP contribution in [0.1, 0.15) is 18.1 Å². The van der Waals surface area contributed by atoms with Gasteiger partial charge < -0.3 is 9.68 Å². The molecule has 0 aliphatic rings. The molecule has 0 saturated carbocycles. The fraction of sp³-hybridized carbons (Fsp3) is 0.231. The Bertz CT molecular complexity index is 655. The first-order chi connectivity index (χ1) is 10.1. The Morgan fingerprint density at radius 3 is 2.43 bits per heavy atom. The number of hydrogen-bond acceptors (Lipinski definition) is 6. The summed E-state index contributed by atoms with van der Waals surface area (Å²) in [6.07, 6.45) is -0.929. The molecule has 0 aromatic heterocycles. The summed E-state index contributed by atoms with van der Waals surface area (Å²) in [7, 11) is 0. The highest BCUT2D eigenvalue weighted by atomic mass is 17.0. The molecule has 2 aromatic rings. The van der Waals surface area contributed by atoms with E-state index in [1.165, 1.54) is 0 Å². The number of rotatable bonds is 7. The predicted octanol–water partition coefficient (Wildman–Crippen LogP) is 2.69. The monoisotopic (exact) mass is 292 g/mol. The van der Waals surface area contributed by atoms with Gasteiger partial charge in [0.15, 0.2) is 0 Å². The van der Waals surface area contributed by atoms with Crippen molar-refractivity contribution in [2.45, 2.75) is 12.5 Å². The Kier molecular flexibility index (Phi) is 4.50. The van der Waals surface area contributed by atoms with Gasteiger partial charge in [0.1, 0.15) is 6.10 Å². The Labute approximate surface area is 119 Å². The third-order valence-electron chi connectivity index (χ3n) is 2.96. The molecule has 8 nitrogen and oxygen atoms in total. The maximum absolute atomic E-state index is 10.6. The van der Waals surface area contributed by atoms with Crippen molar-refractivity contribution in [3.05, 3.63) is 68.3 Å². The van der Waals surface area contributed by atoms with Crippen molar-refractivity contribution < 1.29 is 19.8 Å². The standard InChI is InChI=1S/C13H12N2O6/c16-14(17)20-9-8-13(21-15(18)19)12-7-3-5-10-4-1-2-6-11(10)12/h1-7,13H,8-9H2. The Morgan fingerprint density at radius 1 is 1.00 bits per heavy atom. The van der Waals surface area contributed by atoms with Crippen LogP contribution in [-0.4, -0.2) is 16.8 Å². The van der Waals surface area contributed by atoms with E-state index in [0.29, 0.717) is 5.56 Å². The van der Waals surface area contributed by atoms with Gasteiger partial charge in [-0.15, -0.1) is 20.2 Å². The van der Waals surface area contributed by atoms with Crippen molar-refractivity contribution >= 4 is 10.8 Å². The molecule has 0 radical (unpaired) electrons. The largest absolute Gasteiger partial charge is 0.314 e. The predicted molar refractivity (Wildman–Crippen MR) is 72.3 cm³/mol. The molecular formula is C13H12N2O6. The summed E-state index contributed by atoms with van der Waals surface area (Å²) in [5, 5.41) is 20.6. The van der Waals surface area contributed by atoms with Crippen molar-refractivity contribution in [2.24, 2.45) is 0 Å². The first kappa shape index (κ1) is 14.5. The van der Waals surface area contributed by atoms with Crippen molar-refractivity contribution in [3.8, 4) is 0 Å². The Hall–Kier alpha value is -2.90. The SMILES string of the molecule is O=[N+]([O-])OCCC(O[N+](=O)[O-])c1cccc2ccccc12. The molecule has 2 aromatic carbocycles. The zero-order chi connectivity index (χ0) is 15.2. The highest BCUT2D eigenvalue weighted by Crippen LogP contribution is 2.29. The molecule has 110 valence electrons. The van der Waals surface area contributed by atoms with E-state index < -0.39 is 16.3 Å². The first-order valence-corrected chi connectivity index (χ1v) is 6.14. The molecule has 0 amide bonds. The highest BCUT2D eigenvalue weighted by molar-refractivity contribution is 5.85. The lowest BCUT2D eigenvalue weighted by Gasteiger charge is -2.16. The minimum atomic E-state index is -0.938. The van der Waals surface area contributed by atoms with Gasteiger partial charge in [-0.2, -0.15) is 0 Å². The second-order valence-electron chi connectivity index (χ2n) is 4.23. The number of benzene rings is 2. The number of hydrogen-bond donors (Lipinski definition) is 0. The summed E-state index contributed by atoms with van der Waals surface area (Å²) in [4.78, 5) is 29.6. The van der Waals surface area contributed by atoms with Crippen LogP contribution in [0.25, 0.3) is 10.8 Å². The molecule has 0 spiro atoms. The van der Waals surface area contributed by atoms with E-state index in [1.807, 2.05) is 30.3 Å². The second-order valence-corrected chi connectivity index (χ2v) is 4.23. The molecule has 0 aliphatic heterocycles. The van der Waals surface area contributed by atoms with E-state index in [4.69, 9.17) is 0 Å². The zero-order valence-corrected chi connectivity index (χ0v) is 10.9. The van der Waals surface area contributed by atoms with Gasteiger partial charge in [0.2, 0.25) is 0 Å². The minimum Gasteiger partial charge on any atom is -0.314 e. The third kappa shape index (κ3) is 3.78. The molecule has 21 heavy (non-hydrogen) atoms. The van der Waals surface area contributed by atoms with Crippen LogP contribution in [0.15, 0.2) is 42.5 Å². The summed E-state index contributed by atoms with van der Waals surface area (Å²) in [5.41, 5.74) is 0.594. The Balaban J connectivity index is 2.29. The van der Waals surface area contributed by atoms with Gasteiger partial charge in [0, 0.05) is 6.42 Å². The lowest BCUT2D eigenvalue weighted by atomic mass is 9.99. The smallest absolute Gasteiger partial charge is 0.295 e. The van der Waals surface area contributed by atoms with Crippen LogP contribution < -0.4 is 0 Å². The molecule has 0 heterocycles. The zero-order valence-electron chi connectivity index (χ0n) is 10.9. The van der Waals surface area contributed by atoms with Crippen LogP contribution >= 0.6 is 0 Å². The maximum atomic E-state index is 10.6. The van der Waals surface area contributed by atoms with Gasteiger partial charge in [-0.1, -0.05) is 42.5 Å². The van der Waals surface area contributed by atoms with Gasteiger partial charge >= 0.3 is 0 Å². The Morgan fingerprint density at radius 2 is 1.71 bits per heavy atom. The average molecular weight is 292 g/mol. The summed E-state index contributed by atoms with van der Waals surface area (Å²) >= 11 is 0. The quantitative estimate of drug-likeness (QED) is 0.574. The summed E-state index contributed by atoms with van der Waals surface area (Å²) in [6.45, 7) is -0.283. The molecular weight excluding hydrogens is 280 g/mol. The average Bonchev–Trinajstić information content (AvgIpc) is 2.45. The fourth-order valence-electron chi connectivity index (χ4n) is 2.13. The fourth-order valence-corrected chi connectivity index (χ4v) is 2.13. The molecule has 8 heteroatoms. The summed E-state index contributed by atoms with van der Waals surface area (Å²) < 4.78 is 0. The van der Waals surface area contributed by atoms with Crippen LogP contribution in [0.4, 0.5) is 0 Å². The lowest BCUT2D eigenvalue weighted by Crippen LogP contribution is -2.14. The van der Waals surface area contributed by atoms with Crippen molar-refractivity contribution in [3.63, 3.8) is 0 Å². The van der Waals surface area contributed by atoms with Gasteiger partial charge in [-0.05, 0) is 16.3 Å². The molecule has 0 N–H and O–H groups in total. The molecule has 0 aliphatic carbocycles. The molecule has 1 unspecified atom stereocenters. The maximum Gasteiger partial charge on any atom is 0.295 e. The summed E-state index contributed by atoms with van der Waals surface area (Å²) in [5.74, 6) is 0. The van der Waals surface area contributed by atoms with Crippen molar-refractivity contribution in [1.82, 2.24) is 0 Å². The van der Waals surface area contributed by atoms with Crippen LogP contribution in [0.2, 0.25) is 0 Å². The van der Waals surface area contributed by atoms with Crippen molar-refractivity contribution in [2.75, 3.05) is 6.61 Å². The van der Waals surface area contributed by atoms with E-state index in [1.54, 1.807) is 12.1 Å². The van der Waals surface area contributed by atoms with Gasteiger partial charge in [0.05, 0.1) is 6.61 Å².